The molecule has 0 fully saturated rings. The predicted molar refractivity (Wildman–Crippen MR) is 91.4 cm³/mol. The van der Waals surface area contributed by atoms with Crippen molar-refractivity contribution < 1.29 is 19.1 Å². The van der Waals surface area contributed by atoms with Crippen molar-refractivity contribution in [2.75, 3.05) is 19.1 Å². The van der Waals surface area contributed by atoms with Crippen LogP contribution >= 0.6 is 23.2 Å². The zero-order valence-corrected chi connectivity index (χ0v) is 14.8. The first-order valence-corrected chi connectivity index (χ1v) is 8.38. The van der Waals surface area contributed by atoms with E-state index in [2.05, 4.69) is 10.6 Å². The van der Waals surface area contributed by atoms with Crippen molar-refractivity contribution >= 4 is 35.2 Å². The van der Waals surface area contributed by atoms with Crippen LogP contribution in [-0.4, -0.2) is 31.1 Å². The Labute approximate surface area is 150 Å². The van der Waals surface area contributed by atoms with Gasteiger partial charge >= 0.3 is 12.0 Å². The number of benzene rings is 1. The molecule has 0 saturated carbocycles. The van der Waals surface area contributed by atoms with Crippen LogP contribution in [0, 0.1) is 0 Å². The van der Waals surface area contributed by atoms with Crippen molar-refractivity contribution in [3.05, 3.63) is 40.1 Å². The van der Waals surface area contributed by atoms with Gasteiger partial charge in [-0.1, -0.05) is 17.7 Å². The van der Waals surface area contributed by atoms with Crippen molar-refractivity contribution in [3.8, 4) is 5.75 Å². The average molecular weight is 373 g/mol. The minimum absolute atomic E-state index is 0.0250. The Hall–Kier alpha value is -1.92. The fraction of sp³-hybridized carbons (Fsp3) is 0.375. The summed E-state index contributed by atoms with van der Waals surface area (Å²) in [5.41, 5.74) is 1.20. The number of hydrogen-bond acceptors (Lipinski definition) is 4. The van der Waals surface area contributed by atoms with E-state index in [1.807, 2.05) is 6.92 Å². The summed E-state index contributed by atoms with van der Waals surface area (Å²) < 4.78 is 10.5. The molecule has 8 heteroatoms. The van der Waals surface area contributed by atoms with E-state index in [1.165, 1.54) is 0 Å². The predicted octanol–water partition coefficient (Wildman–Crippen LogP) is 3.15. The molecule has 24 heavy (non-hydrogen) atoms. The Morgan fingerprint density at radius 3 is 2.62 bits per heavy atom. The Kier molecular flexibility index (Phi) is 6.34. The van der Waals surface area contributed by atoms with Gasteiger partial charge in [0, 0.05) is 5.70 Å². The molecule has 1 atom stereocenters. The van der Waals surface area contributed by atoms with Crippen LogP contribution in [0.5, 0.6) is 5.75 Å². The molecule has 1 aromatic carbocycles. The van der Waals surface area contributed by atoms with E-state index < -0.39 is 18.0 Å². The standard InChI is InChI=1S/C16H18Cl2N2O4/c1-3-23-12-6-5-9(7-10(12)18)14-13(15(21)24-4-2)11(8-17)19-16(22)20-14/h5-7,14H,3-4,8H2,1-2H3,(H2,19,20,22). The summed E-state index contributed by atoms with van der Waals surface area (Å²) in [5, 5.41) is 5.63. The largest absolute Gasteiger partial charge is 0.492 e. The summed E-state index contributed by atoms with van der Waals surface area (Å²) in [6.07, 6.45) is 0. The minimum atomic E-state index is -0.709. The van der Waals surface area contributed by atoms with Crippen LogP contribution in [0.15, 0.2) is 29.5 Å². The van der Waals surface area contributed by atoms with Gasteiger partial charge in [-0.3, -0.25) is 0 Å². The summed E-state index contributed by atoms with van der Waals surface area (Å²) in [6.45, 7) is 4.25. The fourth-order valence-corrected chi connectivity index (χ4v) is 2.85. The fourth-order valence-electron chi connectivity index (χ4n) is 2.39. The molecule has 2 N–H and O–H groups in total. The topological polar surface area (TPSA) is 76.7 Å². The second-order valence-corrected chi connectivity index (χ2v) is 5.58. The number of halogens is 2. The number of esters is 1. The van der Waals surface area contributed by atoms with Crippen molar-refractivity contribution in [1.29, 1.82) is 0 Å². The quantitative estimate of drug-likeness (QED) is 0.593. The van der Waals surface area contributed by atoms with Gasteiger partial charge in [0.1, 0.15) is 5.75 Å². The SMILES string of the molecule is CCOC(=O)C1=C(CCl)NC(=O)NC1c1ccc(OCC)c(Cl)c1. The van der Waals surface area contributed by atoms with Crippen LogP contribution in [0.1, 0.15) is 25.5 Å². The smallest absolute Gasteiger partial charge is 0.338 e. The molecule has 0 aliphatic carbocycles. The van der Waals surface area contributed by atoms with Gasteiger partial charge in [-0.15, -0.1) is 11.6 Å². The minimum Gasteiger partial charge on any atom is -0.492 e. The molecule has 0 radical (unpaired) electrons. The zero-order valence-electron chi connectivity index (χ0n) is 13.3. The zero-order chi connectivity index (χ0) is 17.7. The van der Waals surface area contributed by atoms with E-state index in [-0.39, 0.29) is 18.1 Å². The summed E-state index contributed by atoms with van der Waals surface area (Å²) >= 11 is 12.1. The first-order valence-electron chi connectivity index (χ1n) is 7.47. The van der Waals surface area contributed by atoms with Gasteiger partial charge in [0.25, 0.3) is 0 Å². The number of allylic oxidation sites excluding steroid dienone is 1. The Morgan fingerprint density at radius 2 is 2.04 bits per heavy atom. The molecule has 1 heterocycles. The summed E-state index contributed by atoms with van der Waals surface area (Å²) in [6, 6.07) is 3.92. The van der Waals surface area contributed by atoms with Gasteiger partial charge in [0.15, 0.2) is 0 Å². The molecule has 0 saturated heterocycles. The Balaban J connectivity index is 2.46. The third-order valence-corrected chi connectivity index (χ3v) is 3.93. The number of amides is 2. The Bertz CT molecular complexity index is 676. The highest BCUT2D eigenvalue weighted by Crippen LogP contribution is 2.33. The van der Waals surface area contributed by atoms with Gasteiger partial charge in [0.05, 0.1) is 35.7 Å². The molecule has 1 aliphatic heterocycles. The lowest BCUT2D eigenvalue weighted by Crippen LogP contribution is -2.46. The average Bonchev–Trinajstić information content (AvgIpc) is 2.56. The molecular weight excluding hydrogens is 355 g/mol. The third-order valence-electron chi connectivity index (χ3n) is 3.37. The van der Waals surface area contributed by atoms with Gasteiger partial charge in [-0.25, -0.2) is 9.59 Å². The van der Waals surface area contributed by atoms with Crippen LogP contribution in [-0.2, 0) is 9.53 Å². The van der Waals surface area contributed by atoms with E-state index in [1.54, 1.807) is 25.1 Å². The van der Waals surface area contributed by atoms with Crippen molar-refractivity contribution in [2.45, 2.75) is 19.9 Å². The molecule has 6 nitrogen and oxygen atoms in total. The molecule has 0 bridgehead atoms. The van der Waals surface area contributed by atoms with Gasteiger partial charge < -0.3 is 20.1 Å². The molecule has 2 rings (SSSR count). The normalized spacial score (nSPS) is 17.2. The first-order chi connectivity index (χ1) is 11.5. The molecule has 1 unspecified atom stereocenters. The summed E-state index contributed by atoms with van der Waals surface area (Å²) in [4.78, 5) is 24.2. The van der Waals surface area contributed by atoms with Gasteiger partial charge in [-0.05, 0) is 31.5 Å². The lowest BCUT2D eigenvalue weighted by atomic mass is 9.95. The van der Waals surface area contributed by atoms with Crippen LogP contribution in [0.25, 0.3) is 0 Å². The number of ether oxygens (including phenoxy) is 2. The second-order valence-electron chi connectivity index (χ2n) is 4.90. The number of hydrogen-bond donors (Lipinski definition) is 2. The highest BCUT2D eigenvalue weighted by molar-refractivity contribution is 6.32. The lowest BCUT2D eigenvalue weighted by molar-refractivity contribution is -0.139. The van der Waals surface area contributed by atoms with Gasteiger partial charge in [0.2, 0.25) is 0 Å². The molecule has 130 valence electrons. The molecule has 1 aliphatic rings. The number of nitrogens with one attached hydrogen (secondary N) is 2. The lowest BCUT2D eigenvalue weighted by Gasteiger charge is -2.29. The van der Waals surface area contributed by atoms with Crippen LogP contribution in [0.4, 0.5) is 4.79 Å². The van der Waals surface area contributed by atoms with Crippen molar-refractivity contribution in [1.82, 2.24) is 10.6 Å². The van der Waals surface area contributed by atoms with E-state index in [0.29, 0.717) is 28.6 Å². The van der Waals surface area contributed by atoms with E-state index in [0.717, 1.165) is 0 Å². The second kappa shape index (κ2) is 8.26. The maximum atomic E-state index is 12.3. The molecule has 2 amide bonds. The number of rotatable bonds is 6. The highest BCUT2D eigenvalue weighted by atomic mass is 35.5. The van der Waals surface area contributed by atoms with E-state index >= 15 is 0 Å². The molecule has 0 aromatic heterocycles. The third kappa shape index (κ3) is 3.94. The number of urea groups is 1. The highest BCUT2D eigenvalue weighted by Gasteiger charge is 2.33. The van der Waals surface area contributed by atoms with E-state index in [9.17, 15) is 9.59 Å². The summed E-state index contributed by atoms with van der Waals surface area (Å²) in [5.74, 6) is -0.0407. The molecule has 1 aromatic rings. The maximum absolute atomic E-state index is 12.3. The van der Waals surface area contributed by atoms with Gasteiger partial charge in [-0.2, -0.15) is 0 Å². The number of alkyl halides is 1. The van der Waals surface area contributed by atoms with Crippen molar-refractivity contribution in [3.63, 3.8) is 0 Å². The van der Waals surface area contributed by atoms with Crippen LogP contribution in [0.3, 0.4) is 0 Å². The molecule has 0 spiro atoms. The molecular formula is C16H18Cl2N2O4. The summed E-state index contributed by atoms with van der Waals surface area (Å²) in [7, 11) is 0. The van der Waals surface area contributed by atoms with E-state index in [4.69, 9.17) is 32.7 Å². The number of carbonyl (C=O) groups is 2. The van der Waals surface area contributed by atoms with Crippen LogP contribution < -0.4 is 15.4 Å². The maximum Gasteiger partial charge on any atom is 0.338 e. The monoisotopic (exact) mass is 372 g/mol. The first kappa shape index (κ1) is 18.4. The number of carbonyl (C=O) groups excluding carboxylic acids is 2. The Morgan fingerprint density at radius 1 is 1.29 bits per heavy atom. The van der Waals surface area contributed by atoms with Crippen LogP contribution in [0.2, 0.25) is 5.02 Å². The van der Waals surface area contributed by atoms with Crippen molar-refractivity contribution in [2.24, 2.45) is 0 Å².